The van der Waals surface area contributed by atoms with E-state index in [1.165, 1.54) is 70.6 Å². The van der Waals surface area contributed by atoms with Gasteiger partial charge in [0.15, 0.2) is 6.49 Å². The Bertz CT molecular complexity index is 430. The van der Waals surface area contributed by atoms with Gasteiger partial charge < -0.3 is 13.8 Å². The number of carbonyl (C=O) groups is 1. The lowest BCUT2D eigenvalue weighted by Gasteiger charge is -2.15. The number of rotatable bonds is 17. The van der Waals surface area contributed by atoms with Crippen molar-refractivity contribution in [1.29, 1.82) is 0 Å². The third-order valence-electron chi connectivity index (χ3n) is 5.23. The molecule has 6 heteroatoms. The number of hydrogen-bond acceptors (Lipinski definition) is 5. The second-order valence-corrected chi connectivity index (χ2v) is 11.6. The van der Waals surface area contributed by atoms with Gasteiger partial charge in [0.1, 0.15) is 6.61 Å². The minimum atomic E-state index is -2.08. The largest absolute Gasteiger partial charge is 0.463 e. The van der Waals surface area contributed by atoms with E-state index >= 15 is 0 Å². The molecule has 0 spiro atoms. The molecule has 0 radical (unpaired) electrons. The second kappa shape index (κ2) is 15.9. The summed E-state index contributed by atoms with van der Waals surface area (Å²) < 4.78 is 16.3. The van der Waals surface area contributed by atoms with Gasteiger partial charge in [0, 0.05) is 19.7 Å². The van der Waals surface area contributed by atoms with Crippen LogP contribution in [0.1, 0.15) is 103 Å². The molecule has 0 aliphatic carbocycles. The average molecular weight is 421 g/mol. The first kappa shape index (κ1) is 25.1. The molecule has 0 saturated carbocycles. The minimum Gasteiger partial charge on any atom is -0.463 e. The molecule has 4 nitrogen and oxygen atoms in total. The molecule has 0 bridgehead atoms. The topological polar surface area (TPSA) is 44.8 Å². The van der Waals surface area contributed by atoms with Crippen LogP contribution in [0.15, 0.2) is 0 Å². The number of ether oxygens (including phenoxy) is 1. The Kier molecular flexibility index (Phi) is 14.8. The summed E-state index contributed by atoms with van der Waals surface area (Å²) in [5, 5.41) is 0. The van der Waals surface area contributed by atoms with Crippen molar-refractivity contribution in [3.63, 3.8) is 0 Å². The lowest BCUT2D eigenvalue weighted by Crippen LogP contribution is -2.17. The van der Waals surface area contributed by atoms with Gasteiger partial charge in [-0.2, -0.15) is 0 Å². The van der Waals surface area contributed by atoms with Gasteiger partial charge in [-0.1, -0.05) is 84.0 Å². The van der Waals surface area contributed by atoms with Crippen molar-refractivity contribution >= 4 is 24.3 Å². The molecule has 1 fully saturated rings. The first-order valence-electron chi connectivity index (χ1n) is 11.1. The molecule has 0 amide bonds. The van der Waals surface area contributed by atoms with Gasteiger partial charge in [-0.05, 0) is 24.6 Å². The molecule has 0 aromatic heterocycles. The lowest BCUT2D eigenvalue weighted by atomic mass is 10.0. The number of unbranched alkanes of at least 4 members (excludes halogenated alkanes) is 12. The van der Waals surface area contributed by atoms with Crippen molar-refractivity contribution < 1.29 is 18.6 Å². The third-order valence-corrected chi connectivity index (χ3v) is 8.46. The highest BCUT2D eigenvalue weighted by atomic mass is 32.5. The monoisotopic (exact) mass is 420 g/mol. The zero-order chi connectivity index (χ0) is 19.8. The number of hydrogen-bond donors (Lipinski definition) is 0. The maximum Gasteiger partial charge on any atom is 0.305 e. The highest BCUT2D eigenvalue weighted by Gasteiger charge is 2.32. The minimum absolute atomic E-state index is 0.0774. The summed E-state index contributed by atoms with van der Waals surface area (Å²) in [6.07, 6.45) is 19.1. The quantitative estimate of drug-likeness (QED) is 0.148. The van der Waals surface area contributed by atoms with Crippen molar-refractivity contribution in [2.45, 2.75) is 109 Å². The van der Waals surface area contributed by atoms with E-state index in [-0.39, 0.29) is 12.1 Å². The molecule has 0 aromatic rings. The summed E-state index contributed by atoms with van der Waals surface area (Å²) in [5.74, 6) is -0.112. The van der Waals surface area contributed by atoms with Crippen LogP contribution < -0.4 is 0 Å². The molecule has 0 aromatic carbocycles. The highest BCUT2D eigenvalue weighted by molar-refractivity contribution is 8.10. The van der Waals surface area contributed by atoms with E-state index in [9.17, 15) is 4.79 Å². The molecule has 0 N–H and O–H groups in total. The zero-order valence-electron chi connectivity index (χ0n) is 17.6. The molecule has 1 rings (SSSR count). The summed E-state index contributed by atoms with van der Waals surface area (Å²) in [4.78, 5) is 11.8. The zero-order valence-corrected chi connectivity index (χ0v) is 19.3. The second-order valence-electron chi connectivity index (χ2n) is 7.71. The first-order valence-corrected chi connectivity index (χ1v) is 13.9. The molecule has 1 aliphatic rings. The molecule has 2 unspecified atom stereocenters. The summed E-state index contributed by atoms with van der Waals surface area (Å²) in [7, 11) is 1.60. The van der Waals surface area contributed by atoms with Gasteiger partial charge in [0.25, 0.3) is 0 Å². The number of carbonyl (C=O) groups excluding carboxylic acids is 1. The fourth-order valence-corrected chi connectivity index (χ4v) is 5.71. The SMILES string of the molecule is CCCCCCCCCCCCCCCC(=O)OCC1CCP(=S)(OC)O1. The predicted octanol–water partition coefficient (Wildman–Crippen LogP) is 6.76. The summed E-state index contributed by atoms with van der Waals surface area (Å²) in [6, 6.07) is 0. The van der Waals surface area contributed by atoms with E-state index in [1.807, 2.05) is 0 Å². The Balaban J connectivity index is 1.83. The number of esters is 1. The van der Waals surface area contributed by atoms with Gasteiger partial charge in [-0.15, -0.1) is 0 Å². The van der Waals surface area contributed by atoms with Crippen molar-refractivity contribution in [3.8, 4) is 0 Å². The van der Waals surface area contributed by atoms with E-state index in [2.05, 4.69) is 6.92 Å². The maximum absolute atomic E-state index is 11.8. The van der Waals surface area contributed by atoms with Crippen LogP contribution in [0.25, 0.3) is 0 Å². The van der Waals surface area contributed by atoms with Crippen LogP contribution in [-0.2, 0) is 30.4 Å². The van der Waals surface area contributed by atoms with Crippen molar-refractivity contribution in [1.82, 2.24) is 0 Å². The first-order chi connectivity index (χ1) is 13.1. The molecule has 27 heavy (non-hydrogen) atoms. The van der Waals surface area contributed by atoms with Gasteiger partial charge in [0.2, 0.25) is 0 Å². The third kappa shape index (κ3) is 13.0. The molecule has 1 aliphatic heterocycles. The molecule has 160 valence electrons. The van der Waals surface area contributed by atoms with Crippen molar-refractivity contribution in [3.05, 3.63) is 0 Å². The maximum atomic E-state index is 11.8. The summed E-state index contributed by atoms with van der Waals surface area (Å²) in [6.45, 7) is 0.510. The smallest absolute Gasteiger partial charge is 0.305 e. The molecule has 2 atom stereocenters. The Morgan fingerprint density at radius 1 is 0.963 bits per heavy atom. The lowest BCUT2D eigenvalue weighted by molar-refractivity contribution is -0.146. The highest BCUT2D eigenvalue weighted by Crippen LogP contribution is 2.54. The van der Waals surface area contributed by atoms with Crippen LogP contribution in [-0.4, -0.2) is 32.0 Å². The summed E-state index contributed by atoms with van der Waals surface area (Å²) in [5.41, 5.74) is 0. The standard InChI is InChI=1S/C21H41O4PS/c1-3-4-5-6-7-8-9-10-11-12-13-14-15-16-21(22)24-19-20-17-18-26(27,23-2)25-20/h20H,3-19H2,1-2H3. The Labute approximate surface area is 172 Å². The van der Waals surface area contributed by atoms with Crippen LogP contribution in [0.3, 0.4) is 0 Å². The summed E-state index contributed by atoms with van der Waals surface area (Å²) >= 11 is 5.32. The average Bonchev–Trinajstić information content (AvgIpc) is 3.06. The van der Waals surface area contributed by atoms with E-state index in [0.717, 1.165) is 25.4 Å². The van der Waals surface area contributed by atoms with E-state index in [0.29, 0.717) is 13.0 Å². The van der Waals surface area contributed by atoms with Crippen LogP contribution in [0.4, 0.5) is 0 Å². The molecule has 1 saturated heterocycles. The van der Waals surface area contributed by atoms with E-state index in [4.69, 9.17) is 25.6 Å². The van der Waals surface area contributed by atoms with Crippen LogP contribution in [0.5, 0.6) is 0 Å². The van der Waals surface area contributed by atoms with Gasteiger partial charge in [-0.25, -0.2) is 0 Å². The molecule has 1 heterocycles. The molecular formula is C21H41O4PS. The normalized spacial score (nSPS) is 22.2. The van der Waals surface area contributed by atoms with Gasteiger partial charge in [0.05, 0.1) is 6.10 Å². The molecular weight excluding hydrogens is 379 g/mol. The Morgan fingerprint density at radius 3 is 1.96 bits per heavy atom. The predicted molar refractivity (Wildman–Crippen MR) is 117 cm³/mol. The fraction of sp³-hybridized carbons (Fsp3) is 0.952. The van der Waals surface area contributed by atoms with Crippen LogP contribution in [0, 0.1) is 0 Å². The van der Waals surface area contributed by atoms with Gasteiger partial charge >= 0.3 is 5.97 Å². The van der Waals surface area contributed by atoms with Crippen LogP contribution >= 0.6 is 6.49 Å². The van der Waals surface area contributed by atoms with E-state index in [1.54, 1.807) is 7.11 Å². The van der Waals surface area contributed by atoms with E-state index < -0.39 is 6.49 Å². The van der Waals surface area contributed by atoms with Crippen molar-refractivity contribution in [2.75, 3.05) is 19.9 Å². The Morgan fingerprint density at radius 2 is 1.48 bits per heavy atom. The fourth-order valence-electron chi connectivity index (χ4n) is 3.43. The van der Waals surface area contributed by atoms with Crippen molar-refractivity contribution in [2.24, 2.45) is 0 Å². The van der Waals surface area contributed by atoms with Gasteiger partial charge in [-0.3, -0.25) is 4.79 Å². The Hall–Kier alpha value is 0.0400. The van der Waals surface area contributed by atoms with Crippen LogP contribution in [0.2, 0.25) is 0 Å².